The van der Waals surface area contributed by atoms with E-state index in [1.54, 1.807) is 45.0 Å². The summed E-state index contributed by atoms with van der Waals surface area (Å²) in [4.78, 5) is 39.0. The minimum atomic E-state index is -0.893. The van der Waals surface area contributed by atoms with E-state index in [1.165, 1.54) is 19.1 Å². The lowest BCUT2D eigenvalue weighted by Crippen LogP contribution is -2.45. The lowest BCUT2D eigenvalue weighted by Gasteiger charge is -2.26. The zero-order chi connectivity index (χ0) is 28.2. The van der Waals surface area contributed by atoms with Crippen LogP contribution in [0.2, 0.25) is 0 Å². The molecule has 8 nitrogen and oxygen atoms in total. The SMILES string of the molecule is COC(=O)[C@H](Cc1ccc(NC(=O)OC(C)(C)C)cc1)N(C)C(=O)OCC1c2ccccc2-c2ccccc21. The second-order valence-corrected chi connectivity index (χ2v) is 10.5. The van der Waals surface area contributed by atoms with Gasteiger partial charge in [0.15, 0.2) is 0 Å². The molecule has 0 aliphatic heterocycles. The number of esters is 1. The average molecular weight is 531 g/mol. The van der Waals surface area contributed by atoms with Crippen molar-refractivity contribution in [3.8, 4) is 11.1 Å². The van der Waals surface area contributed by atoms with Crippen molar-refractivity contribution in [2.24, 2.45) is 0 Å². The zero-order valence-electron chi connectivity index (χ0n) is 22.9. The quantitative estimate of drug-likeness (QED) is 0.298. The van der Waals surface area contributed by atoms with E-state index in [1.807, 2.05) is 24.3 Å². The number of amides is 2. The highest BCUT2D eigenvalue weighted by atomic mass is 16.6. The van der Waals surface area contributed by atoms with Crippen molar-refractivity contribution >= 4 is 23.8 Å². The fourth-order valence-corrected chi connectivity index (χ4v) is 4.71. The summed E-state index contributed by atoms with van der Waals surface area (Å²) in [6, 6.07) is 22.3. The second-order valence-electron chi connectivity index (χ2n) is 10.5. The van der Waals surface area contributed by atoms with Crippen LogP contribution in [0.3, 0.4) is 0 Å². The molecule has 3 aromatic carbocycles. The van der Waals surface area contributed by atoms with Gasteiger partial charge in [0.1, 0.15) is 18.2 Å². The third-order valence-electron chi connectivity index (χ3n) is 6.59. The van der Waals surface area contributed by atoms with Gasteiger partial charge in [-0.3, -0.25) is 10.2 Å². The molecule has 0 saturated carbocycles. The van der Waals surface area contributed by atoms with Crippen LogP contribution in [0.5, 0.6) is 0 Å². The molecule has 0 heterocycles. The Morgan fingerprint density at radius 3 is 2.00 bits per heavy atom. The summed E-state index contributed by atoms with van der Waals surface area (Å²) >= 11 is 0. The first-order valence-corrected chi connectivity index (χ1v) is 12.8. The van der Waals surface area contributed by atoms with E-state index in [0.717, 1.165) is 27.8 Å². The number of rotatable bonds is 7. The maximum absolute atomic E-state index is 13.1. The summed E-state index contributed by atoms with van der Waals surface area (Å²) in [5.74, 6) is -0.640. The molecule has 0 bridgehead atoms. The molecule has 39 heavy (non-hydrogen) atoms. The van der Waals surface area contributed by atoms with Crippen LogP contribution in [0.25, 0.3) is 11.1 Å². The predicted molar refractivity (Wildman–Crippen MR) is 149 cm³/mol. The lowest BCUT2D eigenvalue weighted by atomic mass is 9.98. The number of fused-ring (bicyclic) bond motifs is 3. The van der Waals surface area contributed by atoms with Gasteiger partial charge in [-0.15, -0.1) is 0 Å². The summed E-state index contributed by atoms with van der Waals surface area (Å²) in [6.45, 7) is 5.51. The van der Waals surface area contributed by atoms with Crippen molar-refractivity contribution in [1.82, 2.24) is 4.90 Å². The van der Waals surface area contributed by atoms with Crippen molar-refractivity contribution in [3.63, 3.8) is 0 Å². The normalized spacial score (nSPS) is 13.1. The van der Waals surface area contributed by atoms with Crippen LogP contribution in [-0.4, -0.2) is 55.5 Å². The molecule has 0 unspecified atom stereocenters. The van der Waals surface area contributed by atoms with E-state index in [0.29, 0.717) is 5.69 Å². The number of carbonyl (C=O) groups is 3. The van der Waals surface area contributed by atoms with E-state index < -0.39 is 29.8 Å². The number of ether oxygens (including phenoxy) is 3. The Morgan fingerprint density at radius 2 is 1.46 bits per heavy atom. The third kappa shape index (κ3) is 6.57. The Bertz CT molecular complexity index is 1300. The molecule has 1 aliphatic rings. The number of likely N-dealkylation sites (N-methyl/N-ethyl adjacent to an activating group) is 1. The average Bonchev–Trinajstić information content (AvgIpc) is 3.23. The van der Waals surface area contributed by atoms with Crippen LogP contribution >= 0.6 is 0 Å². The topological polar surface area (TPSA) is 94.2 Å². The van der Waals surface area contributed by atoms with Crippen LogP contribution in [0.1, 0.15) is 43.4 Å². The molecule has 0 radical (unpaired) electrons. The van der Waals surface area contributed by atoms with Gasteiger partial charge >= 0.3 is 18.2 Å². The fraction of sp³-hybridized carbons (Fsp3) is 0.323. The van der Waals surface area contributed by atoms with Crippen molar-refractivity contribution in [2.45, 2.75) is 44.8 Å². The van der Waals surface area contributed by atoms with Gasteiger partial charge in [-0.25, -0.2) is 14.4 Å². The first kappa shape index (κ1) is 27.7. The van der Waals surface area contributed by atoms with E-state index in [4.69, 9.17) is 14.2 Å². The lowest BCUT2D eigenvalue weighted by molar-refractivity contribution is -0.145. The summed E-state index contributed by atoms with van der Waals surface area (Å²) in [6.07, 6.45) is -0.965. The van der Waals surface area contributed by atoms with Crippen molar-refractivity contribution in [3.05, 3.63) is 89.5 Å². The van der Waals surface area contributed by atoms with Gasteiger partial charge in [-0.05, 0) is 60.7 Å². The smallest absolute Gasteiger partial charge is 0.412 e. The molecule has 0 fully saturated rings. The molecular formula is C31H34N2O6. The Morgan fingerprint density at radius 1 is 0.897 bits per heavy atom. The summed E-state index contributed by atoms with van der Waals surface area (Å²) in [7, 11) is 2.81. The number of anilines is 1. The predicted octanol–water partition coefficient (Wildman–Crippen LogP) is 6.00. The molecule has 3 aromatic rings. The molecule has 0 spiro atoms. The van der Waals surface area contributed by atoms with Crippen molar-refractivity contribution in [1.29, 1.82) is 0 Å². The van der Waals surface area contributed by atoms with Gasteiger partial charge in [0.25, 0.3) is 0 Å². The number of benzene rings is 3. The standard InChI is InChI=1S/C31H34N2O6/c1-31(2,3)39-29(35)32-21-16-14-20(15-17-21)18-27(28(34)37-5)33(4)30(36)38-19-26-24-12-8-6-10-22(24)23-11-7-9-13-25(23)26/h6-17,26-27H,18-19H2,1-5H3,(H,32,35)/t27-/m0/s1. The second kappa shape index (κ2) is 11.6. The fourth-order valence-electron chi connectivity index (χ4n) is 4.71. The first-order valence-electron chi connectivity index (χ1n) is 12.8. The number of nitrogens with one attached hydrogen (secondary N) is 1. The van der Waals surface area contributed by atoms with E-state index in [-0.39, 0.29) is 18.9 Å². The molecule has 0 aromatic heterocycles. The van der Waals surface area contributed by atoms with E-state index in [2.05, 4.69) is 29.6 Å². The molecule has 1 atom stereocenters. The molecule has 4 rings (SSSR count). The number of hydrogen-bond acceptors (Lipinski definition) is 6. The molecule has 8 heteroatoms. The summed E-state index contributed by atoms with van der Waals surface area (Å²) < 4.78 is 16.0. The van der Waals surface area contributed by atoms with E-state index in [9.17, 15) is 14.4 Å². The summed E-state index contributed by atoms with van der Waals surface area (Å²) in [5, 5.41) is 2.67. The minimum absolute atomic E-state index is 0.0867. The molecule has 1 N–H and O–H groups in total. The molecule has 1 aliphatic carbocycles. The maximum atomic E-state index is 13.1. The van der Waals surface area contributed by atoms with Gasteiger partial charge in [-0.2, -0.15) is 0 Å². The zero-order valence-corrected chi connectivity index (χ0v) is 22.9. The highest BCUT2D eigenvalue weighted by Gasteiger charge is 2.32. The van der Waals surface area contributed by atoms with Gasteiger partial charge in [-0.1, -0.05) is 60.7 Å². The van der Waals surface area contributed by atoms with Crippen LogP contribution < -0.4 is 5.32 Å². The van der Waals surface area contributed by atoms with E-state index >= 15 is 0 Å². The summed E-state index contributed by atoms with van der Waals surface area (Å²) in [5.41, 5.74) is 5.21. The number of carbonyl (C=O) groups excluding carboxylic acids is 3. The van der Waals surface area contributed by atoms with Crippen LogP contribution in [0.4, 0.5) is 15.3 Å². The van der Waals surface area contributed by atoms with Gasteiger partial charge in [0.2, 0.25) is 0 Å². The van der Waals surface area contributed by atoms with Gasteiger partial charge < -0.3 is 14.2 Å². The van der Waals surface area contributed by atoms with Crippen LogP contribution in [-0.2, 0) is 25.4 Å². The Labute approximate surface area is 228 Å². The number of nitrogens with zero attached hydrogens (tertiary/aromatic N) is 1. The highest BCUT2D eigenvalue weighted by molar-refractivity contribution is 5.85. The highest BCUT2D eigenvalue weighted by Crippen LogP contribution is 2.44. The molecule has 2 amide bonds. The monoisotopic (exact) mass is 530 g/mol. The van der Waals surface area contributed by atoms with Crippen LogP contribution in [0, 0.1) is 0 Å². The Hall–Kier alpha value is -4.33. The Kier molecular flexibility index (Phi) is 8.24. The molecule has 0 saturated heterocycles. The first-order chi connectivity index (χ1) is 18.6. The van der Waals surface area contributed by atoms with Crippen molar-refractivity contribution in [2.75, 3.05) is 26.1 Å². The molecular weight excluding hydrogens is 496 g/mol. The maximum Gasteiger partial charge on any atom is 0.412 e. The minimum Gasteiger partial charge on any atom is -0.467 e. The molecule has 204 valence electrons. The van der Waals surface area contributed by atoms with Gasteiger partial charge in [0.05, 0.1) is 7.11 Å². The third-order valence-corrected chi connectivity index (χ3v) is 6.59. The van der Waals surface area contributed by atoms with Crippen LogP contribution in [0.15, 0.2) is 72.8 Å². The number of methoxy groups -OCH3 is 1. The largest absolute Gasteiger partial charge is 0.467 e. The van der Waals surface area contributed by atoms with Gasteiger partial charge in [0, 0.05) is 25.1 Å². The number of hydrogen-bond donors (Lipinski definition) is 1. The Balaban J connectivity index is 1.41. The van der Waals surface area contributed by atoms with Crippen molar-refractivity contribution < 1.29 is 28.6 Å².